The van der Waals surface area contributed by atoms with Gasteiger partial charge < -0.3 is 0 Å². The van der Waals surface area contributed by atoms with Crippen molar-refractivity contribution < 1.29 is 18.1 Å². The Balaban J connectivity index is 1.85. The second-order valence-electron chi connectivity index (χ2n) is 7.32. The fourth-order valence-electron chi connectivity index (χ4n) is 3.19. The van der Waals surface area contributed by atoms with Gasteiger partial charge in [0.2, 0.25) is 0 Å². The van der Waals surface area contributed by atoms with Crippen molar-refractivity contribution >= 4 is 33.5 Å². The summed E-state index contributed by atoms with van der Waals surface area (Å²) in [5.74, 6) is -0.671. The molecule has 0 saturated carbocycles. The van der Waals surface area contributed by atoms with Gasteiger partial charge in [0, 0.05) is 17.7 Å². The fourth-order valence-corrected chi connectivity index (χ4v) is 4.62. The third-order valence-corrected chi connectivity index (χ3v) is 6.38. The minimum Gasteiger partial charge on any atom is -0.271 e. The van der Waals surface area contributed by atoms with E-state index in [0.717, 1.165) is 15.4 Å². The largest absolute Gasteiger partial charge is 0.271 e. The first-order valence-electron chi connectivity index (χ1n) is 9.89. The Morgan fingerprint density at radius 1 is 1.03 bits per heavy atom. The number of non-ortho nitro benzene ring substituents is 1. The van der Waals surface area contributed by atoms with Crippen molar-refractivity contribution in [1.29, 1.82) is 0 Å². The molecule has 0 saturated heterocycles. The highest BCUT2D eigenvalue weighted by Crippen LogP contribution is 2.25. The number of carbonyl (C=O) groups is 1. The van der Waals surface area contributed by atoms with E-state index in [-0.39, 0.29) is 10.6 Å². The summed E-state index contributed by atoms with van der Waals surface area (Å²) >= 11 is 0. The maximum absolute atomic E-state index is 13.3. The topological polar surface area (TPSA) is 122 Å². The third-order valence-electron chi connectivity index (χ3n) is 4.60. The van der Waals surface area contributed by atoms with Gasteiger partial charge in [-0.05, 0) is 49.2 Å². The molecule has 0 aromatic heterocycles. The third kappa shape index (κ3) is 6.01. The molecular formula is C23H22N4O5S. The Morgan fingerprint density at radius 3 is 2.33 bits per heavy atom. The molecule has 0 aliphatic heterocycles. The molecule has 10 heteroatoms. The lowest BCUT2D eigenvalue weighted by Crippen LogP contribution is -2.39. The van der Waals surface area contributed by atoms with Crippen LogP contribution in [0.25, 0.3) is 0 Å². The number of nitro groups is 1. The summed E-state index contributed by atoms with van der Waals surface area (Å²) < 4.78 is 27.7. The van der Waals surface area contributed by atoms with Crippen LogP contribution in [0.3, 0.4) is 0 Å². The molecule has 0 bridgehead atoms. The summed E-state index contributed by atoms with van der Waals surface area (Å²) in [6.07, 6.45) is 1.25. The lowest BCUT2D eigenvalue weighted by molar-refractivity contribution is -0.384. The molecular weight excluding hydrogens is 444 g/mol. The molecule has 3 aromatic rings. The minimum absolute atomic E-state index is 0.0528. The van der Waals surface area contributed by atoms with E-state index in [9.17, 15) is 23.3 Å². The standard InChI is InChI=1S/C23H22N4O5S/c1-17-11-18(2)13-21(12-17)26(33(31,32)22-9-4-3-5-10-22)16-23(28)25-24-15-19-7-6-8-20(14-19)27(29)30/h3-15H,16H2,1-2H3,(H,25,28)/b24-15-. The van der Waals surface area contributed by atoms with Crippen molar-refractivity contribution in [2.75, 3.05) is 10.8 Å². The normalized spacial score (nSPS) is 11.3. The zero-order valence-electron chi connectivity index (χ0n) is 18.0. The minimum atomic E-state index is -4.03. The van der Waals surface area contributed by atoms with Crippen LogP contribution >= 0.6 is 0 Å². The first kappa shape index (κ1) is 23.6. The molecule has 1 amide bonds. The Hall–Kier alpha value is -4.05. The van der Waals surface area contributed by atoms with Crippen molar-refractivity contribution in [1.82, 2.24) is 5.43 Å². The average Bonchev–Trinajstić information content (AvgIpc) is 2.77. The molecule has 170 valence electrons. The number of nitrogens with zero attached hydrogens (tertiary/aromatic N) is 3. The van der Waals surface area contributed by atoms with Gasteiger partial charge in [0.05, 0.1) is 21.7 Å². The smallest absolute Gasteiger partial charge is 0.270 e. The van der Waals surface area contributed by atoms with Crippen molar-refractivity contribution in [2.45, 2.75) is 18.7 Å². The van der Waals surface area contributed by atoms with Crippen molar-refractivity contribution in [3.8, 4) is 0 Å². The number of anilines is 1. The van der Waals surface area contributed by atoms with Gasteiger partial charge in [-0.15, -0.1) is 0 Å². The van der Waals surface area contributed by atoms with Crippen molar-refractivity contribution in [3.05, 3.63) is 99.6 Å². The van der Waals surface area contributed by atoms with Crippen LogP contribution < -0.4 is 9.73 Å². The van der Waals surface area contributed by atoms with Crippen LogP contribution in [0.15, 0.2) is 82.8 Å². The molecule has 1 N–H and O–H groups in total. The number of nitrogens with one attached hydrogen (secondary N) is 1. The maximum atomic E-state index is 13.3. The van der Waals surface area contributed by atoms with Gasteiger partial charge in [0.1, 0.15) is 6.54 Å². The summed E-state index contributed by atoms with van der Waals surface area (Å²) in [5, 5.41) is 14.7. The summed E-state index contributed by atoms with van der Waals surface area (Å²) in [4.78, 5) is 23.0. The molecule has 0 spiro atoms. The van der Waals surface area contributed by atoms with Crippen molar-refractivity contribution in [3.63, 3.8) is 0 Å². The van der Waals surface area contributed by atoms with Crippen LogP contribution in [0.5, 0.6) is 0 Å². The van der Waals surface area contributed by atoms with Crippen LogP contribution in [0, 0.1) is 24.0 Å². The van der Waals surface area contributed by atoms with Gasteiger partial charge >= 0.3 is 0 Å². The highest BCUT2D eigenvalue weighted by atomic mass is 32.2. The second-order valence-corrected chi connectivity index (χ2v) is 9.18. The summed E-state index contributed by atoms with van der Waals surface area (Å²) in [6, 6.07) is 18.8. The lowest BCUT2D eigenvalue weighted by atomic mass is 10.1. The number of nitro benzene ring substituents is 1. The van der Waals surface area contributed by atoms with E-state index < -0.39 is 27.4 Å². The number of aryl methyl sites for hydroxylation is 2. The summed E-state index contributed by atoms with van der Waals surface area (Å²) in [6.45, 7) is 3.17. The highest BCUT2D eigenvalue weighted by Gasteiger charge is 2.27. The van der Waals surface area contributed by atoms with Gasteiger partial charge in [0.15, 0.2) is 0 Å². The van der Waals surface area contributed by atoms with Crippen LogP contribution in [0.2, 0.25) is 0 Å². The highest BCUT2D eigenvalue weighted by molar-refractivity contribution is 7.92. The zero-order chi connectivity index (χ0) is 24.0. The predicted molar refractivity (Wildman–Crippen MR) is 126 cm³/mol. The summed E-state index contributed by atoms with van der Waals surface area (Å²) in [5.41, 5.74) is 4.64. The first-order valence-corrected chi connectivity index (χ1v) is 11.3. The van der Waals surface area contributed by atoms with E-state index in [0.29, 0.717) is 11.3 Å². The molecule has 33 heavy (non-hydrogen) atoms. The van der Waals surface area contributed by atoms with Gasteiger partial charge in [-0.3, -0.25) is 19.2 Å². The Morgan fingerprint density at radius 2 is 1.70 bits per heavy atom. The molecule has 0 fully saturated rings. The molecule has 3 aromatic carbocycles. The van der Waals surface area contributed by atoms with E-state index in [1.807, 2.05) is 19.9 Å². The molecule has 3 rings (SSSR count). The van der Waals surface area contributed by atoms with Gasteiger partial charge in [-0.25, -0.2) is 13.8 Å². The Bertz CT molecular complexity index is 1290. The molecule has 0 atom stereocenters. The van der Waals surface area contributed by atoms with E-state index in [2.05, 4.69) is 10.5 Å². The number of carbonyl (C=O) groups excluding carboxylic acids is 1. The average molecular weight is 467 g/mol. The SMILES string of the molecule is Cc1cc(C)cc(N(CC(=O)N/N=C\c2cccc([N+](=O)[O-])c2)S(=O)(=O)c2ccccc2)c1. The molecule has 0 aliphatic carbocycles. The number of hydrogen-bond donors (Lipinski definition) is 1. The number of sulfonamides is 1. The molecule has 0 unspecified atom stereocenters. The predicted octanol–water partition coefficient (Wildman–Crippen LogP) is 3.56. The molecule has 0 aliphatic rings. The van der Waals surface area contributed by atoms with Gasteiger partial charge in [-0.1, -0.05) is 36.4 Å². The second kappa shape index (κ2) is 10.0. The van der Waals surface area contributed by atoms with Crippen LogP contribution in [-0.4, -0.2) is 32.0 Å². The van der Waals surface area contributed by atoms with Crippen LogP contribution in [0.1, 0.15) is 16.7 Å². The van der Waals surface area contributed by atoms with Crippen LogP contribution in [0.4, 0.5) is 11.4 Å². The van der Waals surface area contributed by atoms with E-state index >= 15 is 0 Å². The molecule has 9 nitrogen and oxygen atoms in total. The van der Waals surface area contributed by atoms with E-state index in [1.54, 1.807) is 36.4 Å². The molecule has 0 radical (unpaired) electrons. The Kier molecular flexibility index (Phi) is 7.19. The fraction of sp³-hybridized carbons (Fsp3) is 0.130. The number of rotatable bonds is 8. The number of hydrazone groups is 1. The van der Waals surface area contributed by atoms with E-state index in [4.69, 9.17) is 0 Å². The van der Waals surface area contributed by atoms with Gasteiger partial charge in [0.25, 0.3) is 21.6 Å². The summed E-state index contributed by atoms with van der Waals surface area (Å²) in [7, 11) is -4.03. The van der Waals surface area contributed by atoms with Crippen molar-refractivity contribution in [2.24, 2.45) is 5.10 Å². The quantitative estimate of drug-likeness (QED) is 0.309. The lowest BCUT2D eigenvalue weighted by Gasteiger charge is -2.24. The number of hydrogen-bond acceptors (Lipinski definition) is 6. The van der Waals surface area contributed by atoms with Gasteiger partial charge in [-0.2, -0.15) is 5.10 Å². The monoisotopic (exact) mass is 466 g/mol. The Labute approximate surface area is 191 Å². The number of amides is 1. The van der Waals surface area contributed by atoms with Crippen LogP contribution in [-0.2, 0) is 14.8 Å². The zero-order valence-corrected chi connectivity index (χ0v) is 18.8. The van der Waals surface area contributed by atoms with E-state index in [1.165, 1.54) is 36.5 Å². The maximum Gasteiger partial charge on any atom is 0.270 e. The molecule has 0 heterocycles. The number of benzene rings is 3. The first-order chi connectivity index (χ1) is 15.7.